The molecular formula is C12H10N2O2S. The summed E-state index contributed by atoms with van der Waals surface area (Å²) in [6, 6.07) is 9.58. The van der Waals surface area contributed by atoms with Crippen molar-refractivity contribution in [2.45, 2.75) is 9.79 Å². The average Bonchev–Trinajstić information content (AvgIpc) is 2.47. The number of nitrogen functional groups attached to an aromatic ring is 2. The molecule has 0 radical (unpaired) electrons. The minimum absolute atomic E-state index is 0.298. The molecule has 0 unspecified atom stereocenters. The molecule has 0 fully saturated rings. The molecule has 1 aliphatic heterocycles. The van der Waals surface area contributed by atoms with Crippen LogP contribution in [0.25, 0.3) is 11.1 Å². The molecule has 0 spiro atoms. The Labute approximate surface area is 98.8 Å². The third-order valence-corrected chi connectivity index (χ3v) is 4.75. The van der Waals surface area contributed by atoms with Crippen molar-refractivity contribution < 1.29 is 8.42 Å². The Bertz CT molecular complexity index is 679. The van der Waals surface area contributed by atoms with E-state index in [4.69, 9.17) is 11.5 Å². The van der Waals surface area contributed by atoms with E-state index in [0.29, 0.717) is 32.3 Å². The summed E-state index contributed by atoms with van der Waals surface area (Å²) in [4.78, 5) is 0.597. The number of benzene rings is 2. The minimum atomic E-state index is -3.41. The highest BCUT2D eigenvalue weighted by atomic mass is 32.2. The molecule has 1 aliphatic rings. The van der Waals surface area contributed by atoms with E-state index in [1.807, 2.05) is 0 Å². The normalized spacial score (nSPS) is 15.3. The van der Waals surface area contributed by atoms with Gasteiger partial charge in [-0.3, -0.25) is 0 Å². The molecule has 4 nitrogen and oxygen atoms in total. The molecule has 2 aromatic rings. The maximum atomic E-state index is 12.2. The van der Waals surface area contributed by atoms with Crippen molar-refractivity contribution in [3.05, 3.63) is 36.4 Å². The third kappa shape index (κ3) is 1.26. The van der Waals surface area contributed by atoms with Crippen LogP contribution < -0.4 is 11.5 Å². The van der Waals surface area contributed by atoms with E-state index in [9.17, 15) is 8.42 Å². The number of nitrogens with two attached hydrogens (primary N) is 2. The molecule has 86 valence electrons. The Morgan fingerprint density at radius 2 is 1.18 bits per heavy atom. The van der Waals surface area contributed by atoms with Gasteiger partial charge < -0.3 is 11.5 Å². The van der Waals surface area contributed by atoms with Gasteiger partial charge in [-0.2, -0.15) is 0 Å². The van der Waals surface area contributed by atoms with Crippen molar-refractivity contribution in [3.63, 3.8) is 0 Å². The highest BCUT2D eigenvalue weighted by Gasteiger charge is 2.32. The van der Waals surface area contributed by atoms with Crippen LogP contribution >= 0.6 is 0 Å². The lowest BCUT2D eigenvalue weighted by atomic mass is 10.0. The van der Waals surface area contributed by atoms with Crippen LogP contribution in [0.5, 0.6) is 0 Å². The number of fused-ring (bicyclic) bond motifs is 3. The van der Waals surface area contributed by atoms with Gasteiger partial charge in [0.05, 0.1) is 9.79 Å². The summed E-state index contributed by atoms with van der Waals surface area (Å²) >= 11 is 0. The van der Waals surface area contributed by atoms with Gasteiger partial charge in [0.1, 0.15) is 0 Å². The second kappa shape index (κ2) is 3.01. The molecular weight excluding hydrogens is 236 g/mol. The Kier molecular flexibility index (Phi) is 1.80. The fraction of sp³-hybridized carbons (Fsp3) is 0. The van der Waals surface area contributed by atoms with E-state index in [1.54, 1.807) is 24.3 Å². The maximum absolute atomic E-state index is 12.2. The molecule has 3 rings (SSSR count). The van der Waals surface area contributed by atoms with E-state index in [2.05, 4.69) is 0 Å². The van der Waals surface area contributed by atoms with Gasteiger partial charge in [0.15, 0.2) is 0 Å². The Hall–Kier alpha value is -2.01. The summed E-state index contributed by atoms with van der Waals surface area (Å²) in [7, 11) is -3.41. The first-order valence-corrected chi connectivity index (χ1v) is 6.53. The van der Waals surface area contributed by atoms with Crippen molar-refractivity contribution in [3.8, 4) is 11.1 Å². The smallest absolute Gasteiger partial charge is 0.207 e. The predicted molar refractivity (Wildman–Crippen MR) is 66.2 cm³/mol. The summed E-state index contributed by atoms with van der Waals surface area (Å²) in [5, 5.41) is 0. The molecule has 1 heterocycles. The van der Waals surface area contributed by atoms with Crippen LogP contribution in [0.15, 0.2) is 46.2 Å². The SMILES string of the molecule is Nc1ccc2c(c1)-c1cc(N)ccc1S2(=O)=O. The highest BCUT2D eigenvalue weighted by Crippen LogP contribution is 2.44. The number of rotatable bonds is 0. The van der Waals surface area contributed by atoms with Crippen LogP contribution in [-0.4, -0.2) is 8.42 Å². The average molecular weight is 246 g/mol. The Balaban J connectivity index is 2.48. The number of hydrogen-bond donors (Lipinski definition) is 2. The predicted octanol–water partition coefficient (Wildman–Crippen LogP) is 1.66. The summed E-state index contributed by atoms with van der Waals surface area (Å²) in [6.07, 6.45) is 0. The monoisotopic (exact) mass is 246 g/mol. The summed E-state index contributed by atoms with van der Waals surface area (Å²) in [5.74, 6) is 0. The Morgan fingerprint density at radius 3 is 1.59 bits per heavy atom. The second-order valence-corrected chi connectivity index (χ2v) is 5.90. The third-order valence-electron chi connectivity index (χ3n) is 2.88. The number of anilines is 2. The fourth-order valence-electron chi connectivity index (χ4n) is 2.10. The minimum Gasteiger partial charge on any atom is -0.399 e. The molecule has 0 amide bonds. The van der Waals surface area contributed by atoms with Crippen LogP contribution in [0.3, 0.4) is 0 Å². The topological polar surface area (TPSA) is 86.2 Å². The zero-order valence-electron chi connectivity index (χ0n) is 8.84. The summed E-state index contributed by atoms with van der Waals surface area (Å²) < 4.78 is 24.4. The molecule has 4 N–H and O–H groups in total. The van der Waals surface area contributed by atoms with Crippen molar-refractivity contribution in [2.75, 3.05) is 11.5 Å². The van der Waals surface area contributed by atoms with Gasteiger partial charge in [-0.15, -0.1) is 0 Å². The zero-order valence-corrected chi connectivity index (χ0v) is 9.66. The molecule has 0 aliphatic carbocycles. The zero-order chi connectivity index (χ0) is 12.2. The largest absolute Gasteiger partial charge is 0.399 e. The summed E-state index contributed by atoms with van der Waals surface area (Å²) in [5.41, 5.74) is 13.7. The molecule has 2 aromatic carbocycles. The number of hydrogen-bond acceptors (Lipinski definition) is 4. The van der Waals surface area contributed by atoms with Gasteiger partial charge in [-0.25, -0.2) is 8.42 Å². The molecule has 0 saturated heterocycles. The first kappa shape index (κ1) is 10.2. The molecule has 0 bridgehead atoms. The lowest BCUT2D eigenvalue weighted by Gasteiger charge is -2.00. The molecule has 5 heteroatoms. The molecule has 0 aromatic heterocycles. The molecule has 0 saturated carbocycles. The van der Waals surface area contributed by atoms with Crippen molar-refractivity contribution in [1.29, 1.82) is 0 Å². The van der Waals surface area contributed by atoms with Gasteiger partial charge >= 0.3 is 0 Å². The standard InChI is InChI=1S/C12H10N2O2S/c13-7-1-3-11-9(5-7)10-6-8(14)2-4-12(10)17(11,15)16/h1-6H,13-14H2. The van der Waals surface area contributed by atoms with E-state index in [-0.39, 0.29) is 0 Å². The van der Waals surface area contributed by atoms with Gasteiger partial charge in [0.2, 0.25) is 9.84 Å². The van der Waals surface area contributed by atoms with Gasteiger partial charge in [0, 0.05) is 22.5 Å². The van der Waals surface area contributed by atoms with Crippen LogP contribution in [-0.2, 0) is 9.84 Å². The van der Waals surface area contributed by atoms with Gasteiger partial charge in [-0.1, -0.05) is 0 Å². The molecule has 0 atom stereocenters. The van der Waals surface area contributed by atoms with E-state index in [1.165, 1.54) is 12.1 Å². The first-order chi connectivity index (χ1) is 8.00. The first-order valence-electron chi connectivity index (χ1n) is 5.04. The van der Waals surface area contributed by atoms with Crippen molar-refractivity contribution in [1.82, 2.24) is 0 Å². The van der Waals surface area contributed by atoms with Gasteiger partial charge in [-0.05, 0) is 36.4 Å². The maximum Gasteiger partial charge on any atom is 0.207 e. The highest BCUT2D eigenvalue weighted by molar-refractivity contribution is 7.92. The van der Waals surface area contributed by atoms with Crippen molar-refractivity contribution >= 4 is 21.2 Å². The van der Waals surface area contributed by atoms with E-state index < -0.39 is 9.84 Å². The van der Waals surface area contributed by atoms with E-state index >= 15 is 0 Å². The molecule has 17 heavy (non-hydrogen) atoms. The Morgan fingerprint density at radius 1 is 0.765 bits per heavy atom. The van der Waals surface area contributed by atoms with Crippen LogP contribution in [0.4, 0.5) is 11.4 Å². The lowest BCUT2D eigenvalue weighted by molar-refractivity contribution is 0.599. The van der Waals surface area contributed by atoms with Crippen LogP contribution in [0.2, 0.25) is 0 Å². The summed E-state index contributed by atoms with van der Waals surface area (Å²) in [6.45, 7) is 0. The lowest BCUT2D eigenvalue weighted by Crippen LogP contribution is -1.97. The van der Waals surface area contributed by atoms with Crippen molar-refractivity contribution in [2.24, 2.45) is 0 Å². The van der Waals surface area contributed by atoms with Crippen LogP contribution in [0.1, 0.15) is 0 Å². The van der Waals surface area contributed by atoms with E-state index in [0.717, 1.165) is 0 Å². The van der Waals surface area contributed by atoms with Crippen LogP contribution in [0, 0.1) is 0 Å². The second-order valence-electron chi connectivity index (χ2n) is 4.01. The fourth-order valence-corrected chi connectivity index (χ4v) is 3.75. The number of sulfone groups is 1. The van der Waals surface area contributed by atoms with Gasteiger partial charge in [0.25, 0.3) is 0 Å². The quantitative estimate of drug-likeness (QED) is 0.591.